The van der Waals surface area contributed by atoms with Crippen molar-refractivity contribution in [3.05, 3.63) is 37.5 Å². The van der Waals surface area contributed by atoms with Gasteiger partial charge in [0.2, 0.25) is 0 Å². The van der Waals surface area contributed by atoms with E-state index in [1.807, 2.05) is 12.2 Å². The molecule has 1 aliphatic rings. The molecule has 196 valence electrons. The van der Waals surface area contributed by atoms with Gasteiger partial charge in [-0.2, -0.15) is 23.4 Å². The van der Waals surface area contributed by atoms with Gasteiger partial charge in [-0.15, -0.1) is 13.2 Å². The van der Waals surface area contributed by atoms with Crippen LogP contribution in [-0.2, 0) is 38.1 Å². The minimum Gasteiger partial charge on any atom is -0.465 e. The van der Waals surface area contributed by atoms with Gasteiger partial charge in [-0.1, -0.05) is 24.3 Å². The van der Waals surface area contributed by atoms with Gasteiger partial charge in [-0.3, -0.25) is 19.2 Å². The Morgan fingerprint density at radius 3 is 1.35 bits per heavy atom. The summed E-state index contributed by atoms with van der Waals surface area (Å²) in [5, 5.41) is 0. The molecule has 0 bridgehead atoms. The molecule has 0 N–H and O–H groups in total. The van der Waals surface area contributed by atoms with Gasteiger partial charge in [-0.25, -0.2) is 0 Å². The van der Waals surface area contributed by atoms with Crippen molar-refractivity contribution in [3.8, 4) is 0 Å². The maximum atomic E-state index is 11.9. The predicted molar refractivity (Wildman–Crippen MR) is 141 cm³/mol. The molecule has 0 saturated heterocycles. The van der Waals surface area contributed by atoms with E-state index in [0.29, 0.717) is 12.8 Å². The molecule has 10 heteroatoms. The van der Waals surface area contributed by atoms with Crippen LogP contribution in [-0.4, -0.2) is 50.3 Å². The Labute approximate surface area is 213 Å². The molecule has 1 atom stereocenters. The number of carbonyl (C=O) groups excluding carboxylic acids is 4. The fourth-order valence-electron chi connectivity index (χ4n) is 3.14. The van der Waals surface area contributed by atoms with Gasteiger partial charge in [0.15, 0.2) is 10.8 Å². The third-order valence-electron chi connectivity index (χ3n) is 4.75. The maximum absolute atomic E-state index is 11.9. The van der Waals surface area contributed by atoms with Crippen molar-refractivity contribution < 1.29 is 38.1 Å². The topological polar surface area (TPSA) is 105 Å². The number of hydrogen-bond acceptors (Lipinski definition) is 8. The van der Waals surface area contributed by atoms with E-state index in [2.05, 4.69) is 13.2 Å². The number of rotatable bonds is 12. The highest BCUT2D eigenvalue weighted by atomic mass is 32.1. The van der Waals surface area contributed by atoms with Crippen molar-refractivity contribution in [2.24, 2.45) is 10.8 Å². The first kappa shape index (κ1) is 36.4. The highest BCUT2D eigenvalue weighted by Gasteiger charge is 2.49. The Morgan fingerprint density at radius 2 is 1.09 bits per heavy atom. The SMILES string of the molecule is C=CCC(CC=C)(C(=O)OCC)C(=O)OCC.CCOC(=O)C1(C(=O)OCC)CC=CC1.P.S. The van der Waals surface area contributed by atoms with E-state index in [0.717, 1.165) is 0 Å². The monoisotopic (exact) mass is 520 g/mol. The van der Waals surface area contributed by atoms with Gasteiger partial charge < -0.3 is 18.9 Å². The Hall–Kier alpha value is -2.12. The number of carbonyl (C=O) groups is 4. The summed E-state index contributed by atoms with van der Waals surface area (Å²) >= 11 is 0. The summed E-state index contributed by atoms with van der Waals surface area (Å²) in [6, 6.07) is 0. The standard InChI is InChI=1S/C13H20O4.C11H16O4.H3P.H2S/c1-5-9-13(10-6-2,11(14)16-7-3)12(15)17-8-4;1-3-14-9(12)11(7-5-6-8-11)10(13)15-4-2;;/h5-6H,1-2,7-10H2,3-4H3;5-6H,3-4,7-8H2,1-2H3;1H3;1H2. The summed E-state index contributed by atoms with van der Waals surface area (Å²) in [4.78, 5) is 47.3. The minimum absolute atomic E-state index is 0. The van der Waals surface area contributed by atoms with Crippen LogP contribution in [0.5, 0.6) is 0 Å². The van der Waals surface area contributed by atoms with E-state index in [9.17, 15) is 19.2 Å². The Kier molecular flexibility index (Phi) is 20.6. The first-order valence-corrected chi connectivity index (χ1v) is 10.8. The molecule has 0 spiro atoms. The van der Waals surface area contributed by atoms with Gasteiger partial charge in [0.25, 0.3) is 0 Å². The van der Waals surface area contributed by atoms with Crippen molar-refractivity contribution in [3.63, 3.8) is 0 Å². The lowest BCUT2D eigenvalue weighted by molar-refractivity contribution is -0.173. The molecule has 0 fully saturated rings. The van der Waals surface area contributed by atoms with Crippen LogP contribution in [0.15, 0.2) is 37.5 Å². The summed E-state index contributed by atoms with van der Waals surface area (Å²) in [6.45, 7) is 14.9. The van der Waals surface area contributed by atoms with E-state index in [1.54, 1.807) is 27.7 Å². The molecular weight excluding hydrogens is 479 g/mol. The Balaban J connectivity index is -0.000000537. The fraction of sp³-hybridized carbons (Fsp3) is 0.583. The second-order valence-electron chi connectivity index (χ2n) is 6.91. The summed E-state index contributed by atoms with van der Waals surface area (Å²) in [6.07, 6.45) is 7.76. The molecule has 0 aromatic carbocycles. The molecule has 0 aromatic heterocycles. The molecule has 0 radical (unpaired) electrons. The second kappa shape index (κ2) is 19.2. The van der Waals surface area contributed by atoms with E-state index in [1.165, 1.54) is 12.2 Å². The van der Waals surface area contributed by atoms with Crippen molar-refractivity contribution in [2.45, 2.75) is 53.4 Å². The Morgan fingerprint density at radius 1 is 0.765 bits per heavy atom. The molecule has 0 aromatic rings. The van der Waals surface area contributed by atoms with Gasteiger partial charge in [0, 0.05) is 0 Å². The lowest BCUT2D eigenvalue weighted by Gasteiger charge is -2.26. The molecule has 0 aliphatic heterocycles. The van der Waals surface area contributed by atoms with Crippen LogP contribution in [0.2, 0.25) is 0 Å². The zero-order chi connectivity index (χ0) is 24.6. The van der Waals surface area contributed by atoms with Crippen LogP contribution >= 0.6 is 23.4 Å². The van der Waals surface area contributed by atoms with E-state index in [-0.39, 0.29) is 62.7 Å². The Bertz CT molecular complexity index is 647. The number of allylic oxidation sites excluding steroid dienone is 4. The highest BCUT2D eigenvalue weighted by Crippen LogP contribution is 2.36. The van der Waals surface area contributed by atoms with Crippen molar-refractivity contribution in [1.29, 1.82) is 0 Å². The molecule has 34 heavy (non-hydrogen) atoms. The van der Waals surface area contributed by atoms with Crippen LogP contribution < -0.4 is 0 Å². The maximum Gasteiger partial charge on any atom is 0.324 e. The lowest BCUT2D eigenvalue weighted by atomic mass is 9.81. The second-order valence-corrected chi connectivity index (χ2v) is 6.91. The molecule has 1 aliphatic carbocycles. The summed E-state index contributed by atoms with van der Waals surface area (Å²) in [5.74, 6) is -2.13. The van der Waals surface area contributed by atoms with Gasteiger partial charge >= 0.3 is 23.9 Å². The smallest absolute Gasteiger partial charge is 0.324 e. The molecule has 0 saturated carbocycles. The first-order chi connectivity index (χ1) is 15.3. The molecule has 1 unspecified atom stereocenters. The van der Waals surface area contributed by atoms with Gasteiger partial charge in [0.05, 0.1) is 26.4 Å². The summed E-state index contributed by atoms with van der Waals surface area (Å²) < 4.78 is 19.7. The third-order valence-corrected chi connectivity index (χ3v) is 4.75. The molecular formula is C24H41O8PS. The number of ether oxygens (including phenoxy) is 4. The third kappa shape index (κ3) is 9.63. The summed E-state index contributed by atoms with van der Waals surface area (Å²) in [5.41, 5.74) is -2.46. The largest absolute Gasteiger partial charge is 0.465 e. The van der Waals surface area contributed by atoms with Crippen LogP contribution in [0, 0.1) is 10.8 Å². The van der Waals surface area contributed by atoms with Crippen LogP contribution in [0.1, 0.15) is 53.4 Å². The van der Waals surface area contributed by atoms with E-state index >= 15 is 0 Å². The van der Waals surface area contributed by atoms with Crippen LogP contribution in [0.25, 0.3) is 0 Å². The van der Waals surface area contributed by atoms with Crippen LogP contribution in [0.4, 0.5) is 0 Å². The van der Waals surface area contributed by atoms with Crippen molar-refractivity contribution in [2.75, 3.05) is 26.4 Å². The lowest BCUT2D eigenvalue weighted by Crippen LogP contribution is -2.41. The molecule has 0 amide bonds. The minimum atomic E-state index is -1.34. The zero-order valence-corrected chi connectivity index (χ0v) is 23.3. The zero-order valence-electron chi connectivity index (χ0n) is 20.9. The molecule has 1 rings (SSSR count). The number of esters is 4. The summed E-state index contributed by atoms with van der Waals surface area (Å²) in [7, 11) is 0. The fourth-order valence-corrected chi connectivity index (χ4v) is 3.14. The number of hydrogen-bond donors (Lipinski definition) is 0. The molecule has 0 heterocycles. The molecule has 8 nitrogen and oxygen atoms in total. The van der Waals surface area contributed by atoms with Crippen molar-refractivity contribution >= 4 is 47.3 Å². The highest BCUT2D eigenvalue weighted by molar-refractivity contribution is 7.59. The normalized spacial score (nSPS) is 12.9. The average molecular weight is 521 g/mol. The van der Waals surface area contributed by atoms with E-state index in [4.69, 9.17) is 18.9 Å². The predicted octanol–water partition coefficient (Wildman–Crippen LogP) is 3.87. The first-order valence-electron chi connectivity index (χ1n) is 10.8. The quantitative estimate of drug-likeness (QED) is 0.126. The van der Waals surface area contributed by atoms with Gasteiger partial charge in [-0.05, 0) is 53.4 Å². The van der Waals surface area contributed by atoms with Crippen LogP contribution in [0.3, 0.4) is 0 Å². The van der Waals surface area contributed by atoms with Crippen molar-refractivity contribution in [1.82, 2.24) is 0 Å². The van der Waals surface area contributed by atoms with Gasteiger partial charge in [0.1, 0.15) is 0 Å². The van der Waals surface area contributed by atoms with E-state index < -0.39 is 34.7 Å². The average Bonchev–Trinajstić information content (AvgIpc) is 3.26.